The van der Waals surface area contributed by atoms with Crippen molar-refractivity contribution < 1.29 is 28.5 Å². The average Bonchev–Trinajstić information content (AvgIpc) is 3.21. The number of aliphatic hydroxyl groups is 1. The second kappa shape index (κ2) is 10.5. The highest BCUT2D eigenvalue weighted by Gasteiger charge is 2.51. The van der Waals surface area contributed by atoms with Crippen molar-refractivity contribution in [1.82, 2.24) is 19.9 Å². The van der Waals surface area contributed by atoms with Crippen molar-refractivity contribution in [2.75, 3.05) is 44.4 Å². The highest BCUT2D eigenvalue weighted by atomic mass is 35.5. The summed E-state index contributed by atoms with van der Waals surface area (Å²) in [7, 11) is 0. The SMILES string of the molecule is CC(C)(C)OC(=O)N1CCC[C@@]2(COc3nc(N4CCOC[C@@](C)(O)C4)c4cnc(Cl)c(F)c4n3)CCC[C@@H]12. The molecule has 2 aromatic rings. The van der Waals surface area contributed by atoms with Gasteiger partial charge in [0, 0.05) is 30.7 Å². The van der Waals surface area contributed by atoms with Crippen molar-refractivity contribution in [3.63, 3.8) is 0 Å². The van der Waals surface area contributed by atoms with Crippen LogP contribution >= 0.6 is 11.6 Å². The lowest BCUT2D eigenvalue weighted by Gasteiger charge is -2.46. The highest BCUT2D eigenvalue weighted by molar-refractivity contribution is 6.30. The minimum absolute atomic E-state index is 0.000643. The molecule has 0 radical (unpaired) electrons. The van der Waals surface area contributed by atoms with E-state index in [1.807, 2.05) is 30.6 Å². The average molecular weight is 566 g/mol. The molecular formula is C27H37ClFN5O5. The molecule has 12 heteroatoms. The molecule has 3 fully saturated rings. The van der Waals surface area contributed by atoms with Crippen molar-refractivity contribution in [3.05, 3.63) is 17.2 Å². The number of fused-ring (bicyclic) bond motifs is 2. The van der Waals surface area contributed by atoms with E-state index in [9.17, 15) is 9.90 Å². The monoisotopic (exact) mass is 565 g/mol. The Kier molecular flexibility index (Phi) is 7.54. The minimum Gasteiger partial charge on any atom is -0.463 e. The van der Waals surface area contributed by atoms with Crippen molar-refractivity contribution in [2.45, 2.75) is 77.0 Å². The Balaban J connectivity index is 1.45. The molecule has 0 aromatic carbocycles. The van der Waals surface area contributed by atoms with Crippen molar-refractivity contribution in [2.24, 2.45) is 5.41 Å². The van der Waals surface area contributed by atoms with E-state index >= 15 is 4.39 Å². The quantitative estimate of drug-likeness (QED) is 0.541. The normalized spacial score (nSPS) is 27.8. The van der Waals surface area contributed by atoms with Crippen LogP contribution in [0.5, 0.6) is 6.01 Å². The van der Waals surface area contributed by atoms with Crippen LogP contribution in [0.25, 0.3) is 10.9 Å². The Morgan fingerprint density at radius 3 is 2.82 bits per heavy atom. The molecule has 3 atom stereocenters. The van der Waals surface area contributed by atoms with Gasteiger partial charge in [-0.15, -0.1) is 0 Å². The van der Waals surface area contributed by atoms with Crippen LogP contribution in [-0.2, 0) is 9.47 Å². The molecule has 5 rings (SSSR count). The number of β-amino-alcohol motifs (C(OH)–C–C–N with tert-alkyl or cyclic N) is 1. The van der Waals surface area contributed by atoms with Crippen LogP contribution in [0, 0.1) is 11.2 Å². The van der Waals surface area contributed by atoms with Gasteiger partial charge in [-0.25, -0.2) is 14.2 Å². The van der Waals surface area contributed by atoms with Crippen LogP contribution in [0.15, 0.2) is 6.20 Å². The standard InChI is InChI=1S/C27H37ClFN5O5/c1-25(2,3)39-24(35)34-10-6-9-27(8-5-7-18(27)34)16-38-23-31-20-17(13-30-21(28)19(20)29)22(32-23)33-11-12-37-15-26(4,36)14-33/h13,18,36H,5-12,14-16H2,1-4H3/t18-,26+,27-/m1/s1. The second-order valence-electron chi connectivity index (χ2n) is 12.3. The van der Waals surface area contributed by atoms with Gasteiger partial charge in [0.25, 0.3) is 0 Å². The molecule has 39 heavy (non-hydrogen) atoms. The summed E-state index contributed by atoms with van der Waals surface area (Å²) >= 11 is 6.00. The van der Waals surface area contributed by atoms with E-state index in [4.69, 9.17) is 25.8 Å². The van der Waals surface area contributed by atoms with Crippen molar-refractivity contribution >= 4 is 34.4 Å². The van der Waals surface area contributed by atoms with Gasteiger partial charge in [-0.3, -0.25) is 0 Å². The third-order valence-corrected chi connectivity index (χ3v) is 8.04. The predicted octanol–water partition coefficient (Wildman–Crippen LogP) is 4.35. The number of carbonyl (C=O) groups excluding carboxylic acids is 1. The Morgan fingerprint density at radius 1 is 1.28 bits per heavy atom. The highest BCUT2D eigenvalue weighted by Crippen LogP contribution is 2.48. The number of aromatic nitrogens is 3. The van der Waals surface area contributed by atoms with Crippen molar-refractivity contribution in [1.29, 1.82) is 0 Å². The van der Waals surface area contributed by atoms with E-state index in [1.54, 1.807) is 6.92 Å². The van der Waals surface area contributed by atoms with E-state index in [0.717, 1.165) is 32.1 Å². The Hall–Kier alpha value is -2.50. The number of halogens is 2. The predicted molar refractivity (Wildman–Crippen MR) is 144 cm³/mol. The lowest BCUT2D eigenvalue weighted by molar-refractivity contribution is -0.0282. The summed E-state index contributed by atoms with van der Waals surface area (Å²) in [6.07, 6.45) is 5.60. The van der Waals surface area contributed by atoms with Crippen LogP contribution < -0.4 is 9.64 Å². The van der Waals surface area contributed by atoms with Crippen LogP contribution in [0.2, 0.25) is 5.15 Å². The van der Waals surface area contributed by atoms with Gasteiger partial charge in [0.15, 0.2) is 11.0 Å². The Morgan fingerprint density at radius 2 is 2.05 bits per heavy atom. The van der Waals surface area contributed by atoms with Gasteiger partial charge in [0.2, 0.25) is 0 Å². The van der Waals surface area contributed by atoms with E-state index in [2.05, 4.69) is 15.0 Å². The molecule has 0 bridgehead atoms. The maximum absolute atomic E-state index is 15.2. The van der Waals surface area contributed by atoms with E-state index in [-0.39, 0.29) is 54.0 Å². The largest absolute Gasteiger partial charge is 0.463 e. The van der Waals surface area contributed by atoms with Crippen LogP contribution in [0.4, 0.5) is 15.0 Å². The van der Waals surface area contributed by atoms with Gasteiger partial charge in [0.1, 0.15) is 22.5 Å². The molecule has 1 N–H and O–H groups in total. The van der Waals surface area contributed by atoms with Gasteiger partial charge in [-0.1, -0.05) is 18.0 Å². The molecule has 4 heterocycles. The van der Waals surface area contributed by atoms with Crippen LogP contribution in [0.3, 0.4) is 0 Å². The Labute approximate surface area is 232 Å². The van der Waals surface area contributed by atoms with E-state index in [1.165, 1.54) is 6.20 Å². The first kappa shape index (κ1) is 28.0. The number of amides is 1. The van der Waals surface area contributed by atoms with E-state index in [0.29, 0.717) is 30.9 Å². The second-order valence-corrected chi connectivity index (χ2v) is 12.6. The lowest BCUT2D eigenvalue weighted by atomic mass is 9.75. The third kappa shape index (κ3) is 5.85. The number of hydrogen-bond acceptors (Lipinski definition) is 9. The first-order valence-electron chi connectivity index (χ1n) is 13.6. The molecule has 1 amide bonds. The zero-order valence-corrected chi connectivity index (χ0v) is 23.8. The maximum Gasteiger partial charge on any atom is 0.410 e. The number of ether oxygens (including phenoxy) is 3. The summed E-state index contributed by atoms with van der Waals surface area (Å²) in [5, 5.41) is 10.8. The number of carbonyl (C=O) groups is 1. The van der Waals surface area contributed by atoms with Gasteiger partial charge >= 0.3 is 12.1 Å². The minimum atomic E-state index is -1.13. The Bertz CT molecular complexity index is 1240. The number of anilines is 1. The molecule has 1 saturated carbocycles. The zero-order chi connectivity index (χ0) is 28.0. The zero-order valence-electron chi connectivity index (χ0n) is 23.0. The number of nitrogens with zero attached hydrogens (tertiary/aromatic N) is 5. The molecule has 1 aliphatic carbocycles. The van der Waals surface area contributed by atoms with Gasteiger partial charge < -0.3 is 29.1 Å². The van der Waals surface area contributed by atoms with Crippen molar-refractivity contribution in [3.8, 4) is 6.01 Å². The third-order valence-electron chi connectivity index (χ3n) is 7.78. The number of rotatable bonds is 4. The fraction of sp³-hybridized carbons (Fsp3) is 0.704. The smallest absolute Gasteiger partial charge is 0.410 e. The number of pyridine rings is 1. The molecule has 0 spiro atoms. The number of likely N-dealkylation sites (tertiary alicyclic amines) is 1. The summed E-state index contributed by atoms with van der Waals surface area (Å²) in [4.78, 5) is 29.7. The van der Waals surface area contributed by atoms with Crippen LogP contribution in [-0.4, -0.2) is 87.8 Å². The summed E-state index contributed by atoms with van der Waals surface area (Å²) in [6, 6.07) is -0.00727. The van der Waals surface area contributed by atoms with Gasteiger partial charge in [-0.2, -0.15) is 9.97 Å². The molecule has 3 aliphatic rings. The molecule has 214 valence electrons. The molecule has 2 aromatic heterocycles. The van der Waals surface area contributed by atoms with Gasteiger partial charge in [0.05, 0.1) is 31.8 Å². The van der Waals surface area contributed by atoms with Gasteiger partial charge in [-0.05, 0) is 53.4 Å². The van der Waals surface area contributed by atoms with E-state index < -0.39 is 17.0 Å². The summed E-state index contributed by atoms with van der Waals surface area (Å²) in [6.45, 7) is 9.40. The molecule has 2 saturated heterocycles. The lowest BCUT2D eigenvalue weighted by Crippen LogP contribution is -2.55. The first-order valence-corrected chi connectivity index (χ1v) is 13.9. The summed E-state index contributed by atoms with van der Waals surface area (Å²) in [5.41, 5.74) is -1.98. The summed E-state index contributed by atoms with van der Waals surface area (Å²) < 4.78 is 32.7. The molecular weight excluding hydrogens is 529 g/mol. The molecule has 10 nitrogen and oxygen atoms in total. The fourth-order valence-corrected chi connectivity index (χ4v) is 6.27. The molecule has 2 aliphatic heterocycles. The topological polar surface area (TPSA) is 110 Å². The number of hydrogen-bond donors (Lipinski definition) is 1. The maximum atomic E-state index is 15.2. The fourth-order valence-electron chi connectivity index (χ4n) is 6.13. The first-order chi connectivity index (χ1) is 18.4. The molecule has 0 unspecified atom stereocenters. The summed E-state index contributed by atoms with van der Waals surface area (Å²) in [5.74, 6) is -0.366. The van der Waals surface area contributed by atoms with Crippen LogP contribution in [0.1, 0.15) is 59.8 Å². The number of piperidine rings is 1.